The smallest absolute Gasteiger partial charge is 0.267 e. The zero-order valence-electron chi connectivity index (χ0n) is 7.86. The fourth-order valence-corrected chi connectivity index (χ4v) is 1.87. The van der Waals surface area contributed by atoms with E-state index in [1.54, 1.807) is 6.20 Å². The molecule has 14 heavy (non-hydrogen) atoms. The van der Waals surface area contributed by atoms with Crippen molar-refractivity contribution in [2.75, 3.05) is 13.1 Å². The molecule has 2 rings (SSSR count). The number of primary amides is 1. The summed E-state index contributed by atoms with van der Waals surface area (Å²) < 4.78 is 0. The zero-order chi connectivity index (χ0) is 9.97. The number of aromatic nitrogens is 1. The minimum Gasteiger partial charge on any atom is -0.364 e. The van der Waals surface area contributed by atoms with Gasteiger partial charge in [0.25, 0.3) is 5.91 Å². The first-order valence-electron chi connectivity index (χ1n) is 4.74. The first kappa shape index (κ1) is 9.15. The number of rotatable bonds is 2. The number of nitrogens with one attached hydrogen (secondary N) is 1. The van der Waals surface area contributed by atoms with Crippen molar-refractivity contribution >= 4 is 5.91 Å². The molecule has 0 saturated carbocycles. The van der Waals surface area contributed by atoms with Crippen molar-refractivity contribution in [3.05, 3.63) is 29.6 Å². The van der Waals surface area contributed by atoms with Crippen LogP contribution in [0.4, 0.5) is 0 Å². The third-order valence-electron chi connectivity index (χ3n) is 2.57. The van der Waals surface area contributed by atoms with E-state index in [0.717, 1.165) is 25.1 Å². The molecule has 1 saturated heterocycles. The van der Waals surface area contributed by atoms with Gasteiger partial charge in [0.2, 0.25) is 0 Å². The van der Waals surface area contributed by atoms with Gasteiger partial charge >= 0.3 is 0 Å². The summed E-state index contributed by atoms with van der Waals surface area (Å²) in [6.07, 6.45) is 2.65. The van der Waals surface area contributed by atoms with Gasteiger partial charge in [0.05, 0.1) is 0 Å². The summed E-state index contributed by atoms with van der Waals surface area (Å²) in [7, 11) is 0. The molecule has 0 aliphatic carbocycles. The van der Waals surface area contributed by atoms with Gasteiger partial charge in [-0.3, -0.25) is 9.78 Å². The van der Waals surface area contributed by atoms with E-state index in [0.29, 0.717) is 11.6 Å². The number of carbonyl (C=O) groups is 1. The lowest BCUT2D eigenvalue weighted by molar-refractivity contribution is 0.0994. The normalized spacial score (nSPS) is 21.0. The van der Waals surface area contributed by atoms with Crippen LogP contribution in [0, 0.1) is 0 Å². The molecule has 0 bridgehead atoms. The van der Waals surface area contributed by atoms with Crippen LogP contribution >= 0.6 is 0 Å². The van der Waals surface area contributed by atoms with Crippen molar-refractivity contribution in [1.82, 2.24) is 10.3 Å². The van der Waals surface area contributed by atoms with Crippen LogP contribution in [0.5, 0.6) is 0 Å². The van der Waals surface area contributed by atoms with Crippen molar-refractivity contribution in [2.45, 2.75) is 12.3 Å². The van der Waals surface area contributed by atoms with E-state index in [4.69, 9.17) is 5.73 Å². The predicted octanol–water partition coefficient (Wildman–Crippen LogP) is 0.257. The summed E-state index contributed by atoms with van der Waals surface area (Å²) in [4.78, 5) is 15.1. The maximum atomic E-state index is 11.1. The van der Waals surface area contributed by atoms with Crippen molar-refractivity contribution in [3.63, 3.8) is 0 Å². The molecule has 3 N–H and O–H groups in total. The quantitative estimate of drug-likeness (QED) is 0.704. The number of pyridine rings is 1. The van der Waals surface area contributed by atoms with Gasteiger partial charge < -0.3 is 11.1 Å². The van der Waals surface area contributed by atoms with Crippen molar-refractivity contribution in [3.8, 4) is 0 Å². The van der Waals surface area contributed by atoms with E-state index in [-0.39, 0.29) is 0 Å². The Balaban J connectivity index is 2.35. The molecule has 2 heterocycles. The van der Waals surface area contributed by atoms with Crippen molar-refractivity contribution in [1.29, 1.82) is 0 Å². The Hall–Kier alpha value is -1.42. The fourth-order valence-electron chi connectivity index (χ4n) is 1.87. The minimum absolute atomic E-state index is 0.381. The van der Waals surface area contributed by atoms with Crippen LogP contribution in [0.1, 0.15) is 28.4 Å². The van der Waals surface area contributed by atoms with E-state index in [1.807, 2.05) is 12.1 Å². The van der Waals surface area contributed by atoms with Crippen LogP contribution in [0.3, 0.4) is 0 Å². The lowest BCUT2D eigenvalue weighted by atomic mass is 9.96. The lowest BCUT2D eigenvalue weighted by Crippen LogP contribution is -2.18. The van der Waals surface area contributed by atoms with Gasteiger partial charge in [0, 0.05) is 12.7 Å². The maximum Gasteiger partial charge on any atom is 0.267 e. The van der Waals surface area contributed by atoms with Gasteiger partial charge in [0.1, 0.15) is 5.69 Å². The highest BCUT2D eigenvalue weighted by atomic mass is 16.1. The van der Waals surface area contributed by atoms with E-state index in [9.17, 15) is 4.79 Å². The average Bonchev–Trinajstić information content (AvgIpc) is 2.70. The largest absolute Gasteiger partial charge is 0.364 e. The van der Waals surface area contributed by atoms with Crippen LogP contribution in [0.15, 0.2) is 18.3 Å². The van der Waals surface area contributed by atoms with Crippen LogP contribution in [0.2, 0.25) is 0 Å². The molecule has 1 fully saturated rings. The summed E-state index contributed by atoms with van der Waals surface area (Å²) in [6, 6.07) is 3.78. The molecule has 4 heteroatoms. The number of carbonyl (C=O) groups excluding carboxylic acids is 1. The minimum atomic E-state index is -0.437. The van der Waals surface area contributed by atoms with Crippen LogP contribution in [0.25, 0.3) is 0 Å². The van der Waals surface area contributed by atoms with E-state index in [2.05, 4.69) is 10.3 Å². The van der Waals surface area contributed by atoms with Gasteiger partial charge in [-0.15, -0.1) is 0 Å². The van der Waals surface area contributed by atoms with Gasteiger partial charge in [-0.2, -0.15) is 0 Å². The number of hydrogen-bond donors (Lipinski definition) is 2. The van der Waals surface area contributed by atoms with Gasteiger partial charge in [-0.25, -0.2) is 0 Å². The molecule has 1 aliphatic heterocycles. The molecule has 4 nitrogen and oxygen atoms in total. The standard InChI is InChI=1S/C10H13N3O/c11-10(14)9-8(2-1-4-13-9)7-3-5-12-6-7/h1-2,4,7,12H,3,5-6H2,(H2,11,14)/t7-/m1/s1. The highest BCUT2D eigenvalue weighted by molar-refractivity contribution is 5.92. The molecular weight excluding hydrogens is 178 g/mol. The Morgan fingerprint density at radius 1 is 1.64 bits per heavy atom. The van der Waals surface area contributed by atoms with E-state index in [1.165, 1.54) is 0 Å². The Morgan fingerprint density at radius 2 is 2.50 bits per heavy atom. The number of hydrogen-bond acceptors (Lipinski definition) is 3. The molecule has 0 unspecified atom stereocenters. The molecule has 0 radical (unpaired) electrons. The summed E-state index contributed by atoms with van der Waals surface area (Å²) in [5.74, 6) is -0.0568. The molecule has 1 aromatic heterocycles. The van der Waals surface area contributed by atoms with E-state index < -0.39 is 5.91 Å². The summed E-state index contributed by atoms with van der Waals surface area (Å²) >= 11 is 0. The molecule has 1 amide bonds. The SMILES string of the molecule is NC(=O)c1ncccc1[C@@H]1CCNC1. The molecule has 0 spiro atoms. The zero-order valence-corrected chi connectivity index (χ0v) is 7.86. The van der Waals surface area contributed by atoms with E-state index >= 15 is 0 Å². The monoisotopic (exact) mass is 191 g/mol. The second kappa shape index (κ2) is 3.75. The summed E-state index contributed by atoms with van der Waals surface area (Å²) in [6.45, 7) is 1.91. The molecule has 1 aliphatic rings. The molecule has 1 aromatic rings. The second-order valence-electron chi connectivity index (χ2n) is 3.50. The third-order valence-corrected chi connectivity index (χ3v) is 2.57. The summed E-state index contributed by atoms with van der Waals surface area (Å²) in [5.41, 5.74) is 6.65. The fraction of sp³-hybridized carbons (Fsp3) is 0.400. The average molecular weight is 191 g/mol. The van der Waals surface area contributed by atoms with Crippen molar-refractivity contribution < 1.29 is 4.79 Å². The van der Waals surface area contributed by atoms with Gasteiger partial charge in [0.15, 0.2) is 0 Å². The highest BCUT2D eigenvalue weighted by Crippen LogP contribution is 2.23. The molecule has 0 aromatic carbocycles. The Morgan fingerprint density at radius 3 is 3.14 bits per heavy atom. The number of amides is 1. The first-order chi connectivity index (χ1) is 6.79. The van der Waals surface area contributed by atoms with Gasteiger partial charge in [-0.1, -0.05) is 6.07 Å². The maximum absolute atomic E-state index is 11.1. The Bertz CT molecular complexity index is 345. The van der Waals surface area contributed by atoms with Gasteiger partial charge in [-0.05, 0) is 30.5 Å². The highest BCUT2D eigenvalue weighted by Gasteiger charge is 2.21. The third kappa shape index (κ3) is 1.61. The topological polar surface area (TPSA) is 68.0 Å². The Labute approximate surface area is 82.5 Å². The predicted molar refractivity (Wildman–Crippen MR) is 53.0 cm³/mol. The first-order valence-corrected chi connectivity index (χ1v) is 4.74. The molecule has 74 valence electrons. The second-order valence-corrected chi connectivity index (χ2v) is 3.50. The van der Waals surface area contributed by atoms with Crippen LogP contribution in [-0.2, 0) is 0 Å². The number of nitrogens with two attached hydrogens (primary N) is 1. The van der Waals surface area contributed by atoms with Crippen LogP contribution in [-0.4, -0.2) is 24.0 Å². The lowest BCUT2D eigenvalue weighted by Gasteiger charge is -2.10. The van der Waals surface area contributed by atoms with Crippen LogP contribution < -0.4 is 11.1 Å². The number of nitrogens with zero attached hydrogens (tertiary/aromatic N) is 1. The molecular formula is C10H13N3O. The Kier molecular flexibility index (Phi) is 2.45. The summed E-state index contributed by atoms with van der Waals surface area (Å²) in [5, 5.41) is 3.26. The molecule has 1 atom stereocenters. The van der Waals surface area contributed by atoms with Crippen molar-refractivity contribution in [2.24, 2.45) is 5.73 Å².